The number of carbonyl (C=O) groups excluding carboxylic acids is 3. The molecule has 4 N–H and O–H groups in total. The van der Waals surface area contributed by atoms with Gasteiger partial charge >= 0.3 is 0 Å². The average molecular weight is 606 g/mol. The lowest BCUT2D eigenvalue weighted by Crippen LogP contribution is -2.62. The summed E-state index contributed by atoms with van der Waals surface area (Å²) in [5.41, 5.74) is 7.98. The number of rotatable bonds is 12. The monoisotopic (exact) mass is 605 g/mol. The van der Waals surface area contributed by atoms with Crippen molar-refractivity contribution in [2.24, 2.45) is 5.73 Å². The fourth-order valence-corrected chi connectivity index (χ4v) is 6.47. The van der Waals surface area contributed by atoms with Gasteiger partial charge in [0.2, 0.25) is 27.7 Å². The fourth-order valence-electron chi connectivity index (χ4n) is 4.91. The predicted octanol–water partition coefficient (Wildman–Crippen LogP) is 1.14. The largest absolute Gasteiger partial charge is 0.378 e. The van der Waals surface area contributed by atoms with E-state index in [0.29, 0.717) is 49.9 Å². The number of benzene rings is 2. The van der Waals surface area contributed by atoms with E-state index in [0.717, 1.165) is 11.1 Å². The Hall–Kier alpha value is -3.03. The van der Waals surface area contributed by atoms with E-state index < -0.39 is 28.0 Å². The highest BCUT2D eigenvalue weighted by molar-refractivity contribution is 7.88. The molecule has 0 radical (unpaired) electrons. The third kappa shape index (κ3) is 8.49. The minimum atomic E-state index is -3.93. The average Bonchev–Trinajstić information content (AvgIpc) is 2.94. The van der Waals surface area contributed by atoms with Gasteiger partial charge in [0.25, 0.3) is 0 Å². The van der Waals surface area contributed by atoms with E-state index in [4.69, 9.17) is 22.1 Å². The summed E-state index contributed by atoms with van der Waals surface area (Å²) in [4.78, 5) is 42.5. The molecule has 2 aromatic rings. The second kappa shape index (κ2) is 14.2. The maximum absolute atomic E-state index is 13.6. The van der Waals surface area contributed by atoms with Crippen molar-refractivity contribution in [3.63, 3.8) is 0 Å². The zero-order valence-corrected chi connectivity index (χ0v) is 24.3. The summed E-state index contributed by atoms with van der Waals surface area (Å²) in [6.45, 7) is 2.54. The maximum atomic E-state index is 13.6. The number of ether oxygens (including phenoxy) is 1. The van der Waals surface area contributed by atoms with E-state index >= 15 is 0 Å². The normalized spacial score (nSPS) is 18.0. The van der Waals surface area contributed by atoms with Crippen LogP contribution >= 0.6 is 11.6 Å². The third-order valence-corrected chi connectivity index (χ3v) is 8.87. The van der Waals surface area contributed by atoms with Gasteiger partial charge in [-0.05, 0) is 41.7 Å². The van der Waals surface area contributed by atoms with Crippen molar-refractivity contribution in [2.75, 3.05) is 32.8 Å². The first-order valence-electron chi connectivity index (χ1n) is 13.6. The summed E-state index contributed by atoms with van der Waals surface area (Å²) in [5, 5.41) is 3.36. The van der Waals surface area contributed by atoms with Crippen LogP contribution in [0.1, 0.15) is 36.0 Å². The molecule has 2 aliphatic rings. The summed E-state index contributed by atoms with van der Waals surface area (Å²) in [7, 11) is -3.93. The number of hydrogen-bond acceptors (Lipinski definition) is 7. The molecule has 2 fully saturated rings. The SMILES string of the molecule is NCc1ccc(Cl)cc1CNC(=O)C1CCN1C(=O)C(CCC(=O)N1CCOCC1)NS(=O)(=O)Cc1ccccc1. The number of nitrogens with zero attached hydrogens (tertiary/aromatic N) is 2. The minimum Gasteiger partial charge on any atom is -0.378 e. The van der Waals surface area contributed by atoms with Crippen molar-refractivity contribution < 1.29 is 27.5 Å². The van der Waals surface area contributed by atoms with Crippen molar-refractivity contribution in [2.45, 2.75) is 50.2 Å². The Morgan fingerprint density at radius 2 is 1.78 bits per heavy atom. The second-order valence-electron chi connectivity index (χ2n) is 10.1. The fraction of sp³-hybridized carbons (Fsp3) is 0.464. The molecule has 2 saturated heterocycles. The Morgan fingerprint density at radius 3 is 2.44 bits per heavy atom. The Bertz CT molecular complexity index is 1340. The summed E-state index contributed by atoms with van der Waals surface area (Å²) < 4.78 is 33.9. The van der Waals surface area contributed by atoms with Crippen molar-refractivity contribution in [3.05, 3.63) is 70.2 Å². The Kier molecular flexibility index (Phi) is 10.7. The number of nitrogens with one attached hydrogen (secondary N) is 2. The Labute approximate surface area is 245 Å². The van der Waals surface area contributed by atoms with Crippen molar-refractivity contribution in [3.8, 4) is 0 Å². The molecular formula is C28H36ClN5O6S. The third-order valence-electron chi connectivity index (χ3n) is 7.28. The van der Waals surface area contributed by atoms with Crippen LogP contribution in [-0.4, -0.2) is 80.9 Å². The van der Waals surface area contributed by atoms with Gasteiger partial charge in [-0.1, -0.05) is 48.0 Å². The van der Waals surface area contributed by atoms with Gasteiger partial charge in [0.1, 0.15) is 12.1 Å². The van der Waals surface area contributed by atoms with Crippen molar-refractivity contribution in [1.29, 1.82) is 0 Å². The zero-order chi connectivity index (χ0) is 29.4. The highest BCUT2D eigenvalue weighted by Gasteiger charge is 2.41. The smallest absolute Gasteiger partial charge is 0.243 e. The molecule has 4 rings (SSSR count). The van der Waals surface area contributed by atoms with Gasteiger partial charge in [0.05, 0.1) is 19.0 Å². The van der Waals surface area contributed by atoms with E-state index in [2.05, 4.69) is 10.0 Å². The number of hydrogen-bond donors (Lipinski definition) is 3. The summed E-state index contributed by atoms with van der Waals surface area (Å²) in [6, 6.07) is 11.9. The van der Waals surface area contributed by atoms with Crippen LogP contribution in [0.15, 0.2) is 48.5 Å². The maximum Gasteiger partial charge on any atom is 0.243 e. The standard InChI is InChI=1S/C28H36ClN5O6S/c29-23-7-6-21(17-30)22(16-23)18-31-27(36)25-10-11-34(25)28(37)24(8-9-26(35)33-12-14-40-15-13-33)32-41(38,39)19-20-4-2-1-3-5-20/h1-7,16,24-25,32H,8-15,17-19,30H2,(H,31,36). The highest BCUT2D eigenvalue weighted by Crippen LogP contribution is 2.22. The number of halogens is 1. The molecular weight excluding hydrogens is 570 g/mol. The lowest BCUT2D eigenvalue weighted by atomic mass is 9.99. The van der Waals surface area contributed by atoms with Crippen LogP contribution in [0.2, 0.25) is 5.02 Å². The van der Waals surface area contributed by atoms with E-state index in [9.17, 15) is 22.8 Å². The number of sulfonamides is 1. The molecule has 13 heteroatoms. The van der Waals surface area contributed by atoms with Crippen LogP contribution in [0.25, 0.3) is 0 Å². The molecule has 41 heavy (non-hydrogen) atoms. The number of morpholine rings is 1. The number of likely N-dealkylation sites (tertiary alicyclic amines) is 1. The summed E-state index contributed by atoms with van der Waals surface area (Å²) in [5.74, 6) is -1.39. The van der Waals surface area contributed by atoms with Crippen LogP contribution in [0.3, 0.4) is 0 Å². The topological polar surface area (TPSA) is 151 Å². The molecule has 0 saturated carbocycles. The highest BCUT2D eigenvalue weighted by atomic mass is 35.5. The van der Waals surface area contributed by atoms with E-state index in [1.54, 1.807) is 53.4 Å². The van der Waals surface area contributed by atoms with Crippen LogP contribution in [0.5, 0.6) is 0 Å². The van der Waals surface area contributed by atoms with Crippen LogP contribution < -0.4 is 15.8 Å². The lowest BCUT2D eigenvalue weighted by molar-refractivity contribution is -0.149. The van der Waals surface area contributed by atoms with Gasteiger partial charge < -0.3 is 25.6 Å². The second-order valence-corrected chi connectivity index (χ2v) is 12.3. The Morgan fingerprint density at radius 1 is 1.05 bits per heavy atom. The lowest BCUT2D eigenvalue weighted by Gasteiger charge is -2.41. The van der Waals surface area contributed by atoms with Gasteiger partial charge in [-0.25, -0.2) is 13.1 Å². The molecule has 11 nitrogen and oxygen atoms in total. The van der Waals surface area contributed by atoms with Gasteiger partial charge in [-0.2, -0.15) is 0 Å². The van der Waals surface area contributed by atoms with Crippen LogP contribution in [-0.2, 0) is 48.0 Å². The quantitative estimate of drug-likeness (QED) is 0.328. The molecule has 2 aromatic carbocycles. The van der Waals surface area contributed by atoms with Gasteiger partial charge in [-0.3, -0.25) is 14.4 Å². The molecule has 0 bridgehead atoms. The minimum absolute atomic E-state index is 0.0222. The zero-order valence-electron chi connectivity index (χ0n) is 22.8. The van der Waals surface area contributed by atoms with Crippen molar-refractivity contribution in [1.82, 2.24) is 19.8 Å². The number of carbonyl (C=O) groups is 3. The molecule has 3 amide bonds. The van der Waals surface area contributed by atoms with E-state index in [1.165, 1.54) is 4.90 Å². The predicted molar refractivity (Wildman–Crippen MR) is 154 cm³/mol. The van der Waals surface area contributed by atoms with Gasteiger partial charge in [0, 0.05) is 44.2 Å². The molecule has 222 valence electrons. The van der Waals surface area contributed by atoms with Crippen molar-refractivity contribution >= 4 is 39.3 Å². The molecule has 2 aliphatic heterocycles. The first-order valence-corrected chi connectivity index (χ1v) is 15.6. The molecule has 2 atom stereocenters. The Balaban J connectivity index is 1.43. The number of nitrogens with two attached hydrogens (primary N) is 1. The van der Waals surface area contributed by atoms with Gasteiger partial charge in [0.15, 0.2) is 0 Å². The molecule has 2 heterocycles. The number of amides is 3. The first kappa shape index (κ1) is 30.9. The summed E-state index contributed by atoms with van der Waals surface area (Å²) in [6.07, 6.45) is 0.384. The van der Waals surface area contributed by atoms with E-state index in [1.807, 2.05) is 0 Å². The molecule has 0 spiro atoms. The molecule has 0 aromatic heterocycles. The van der Waals surface area contributed by atoms with Crippen LogP contribution in [0, 0.1) is 0 Å². The van der Waals surface area contributed by atoms with Crippen LogP contribution in [0.4, 0.5) is 0 Å². The van der Waals surface area contributed by atoms with E-state index in [-0.39, 0.29) is 43.5 Å². The van der Waals surface area contributed by atoms with Gasteiger partial charge in [-0.15, -0.1) is 0 Å². The molecule has 0 aliphatic carbocycles. The summed E-state index contributed by atoms with van der Waals surface area (Å²) >= 11 is 6.10. The first-order chi connectivity index (χ1) is 19.7. The molecule has 2 unspecified atom stereocenters.